The molecule has 2 rings (SSSR count). The highest BCUT2D eigenvalue weighted by Crippen LogP contribution is 2.27. The van der Waals surface area contributed by atoms with E-state index in [1.807, 2.05) is 13.0 Å². The molecule has 0 atom stereocenters. The van der Waals surface area contributed by atoms with Gasteiger partial charge in [0, 0.05) is 11.1 Å². The molecule has 0 aliphatic rings. The SMILES string of the molecule is COc1cccc(/C=N\NC(=O)CNC(=O)c2cccc(C)c2)c1O. The first-order valence-electron chi connectivity index (χ1n) is 7.54. The van der Waals surface area contributed by atoms with Gasteiger partial charge in [-0.2, -0.15) is 5.10 Å². The van der Waals surface area contributed by atoms with E-state index in [0.29, 0.717) is 16.9 Å². The van der Waals surface area contributed by atoms with E-state index in [0.717, 1.165) is 5.56 Å². The Morgan fingerprint density at radius 2 is 2.00 bits per heavy atom. The Bertz CT molecular complexity index is 803. The van der Waals surface area contributed by atoms with Crippen LogP contribution in [-0.2, 0) is 4.79 Å². The van der Waals surface area contributed by atoms with E-state index in [-0.39, 0.29) is 18.2 Å². The Kier molecular flexibility index (Phi) is 6.11. The third-order valence-electron chi connectivity index (χ3n) is 3.33. The molecule has 0 unspecified atom stereocenters. The molecule has 0 aliphatic carbocycles. The molecule has 130 valence electrons. The van der Waals surface area contributed by atoms with Crippen molar-refractivity contribution in [2.75, 3.05) is 13.7 Å². The molecule has 2 amide bonds. The largest absolute Gasteiger partial charge is 0.504 e. The molecule has 7 nitrogen and oxygen atoms in total. The Hall–Kier alpha value is -3.35. The number of carbonyl (C=O) groups is 2. The second-order valence-corrected chi connectivity index (χ2v) is 5.24. The Morgan fingerprint density at radius 1 is 1.24 bits per heavy atom. The number of phenols is 1. The zero-order valence-corrected chi connectivity index (χ0v) is 13.9. The van der Waals surface area contributed by atoms with Crippen LogP contribution in [0.3, 0.4) is 0 Å². The van der Waals surface area contributed by atoms with Gasteiger partial charge in [-0.3, -0.25) is 9.59 Å². The molecule has 0 saturated heterocycles. The minimum Gasteiger partial charge on any atom is -0.504 e. The molecule has 0 radical (unpaired) electrons. The summed E-state index contributed by atoms with van der Waals surface area (Å²) < 4.78 is 4.98. The van der Waals surface area contributed by atoms with Crippen LogP contribution in [0.25, 0.3) is 0 Å². The highest BCUT2D eigenvalue weighted by molar-refractivity contribution is 5.96. The lowest BCUT2D eigenvalue weighted by Gasteiger charge is -2.06. The first-order chi connectivity index (χ1) is 12.0. The van der Waals surface area contributed by atoms with Crippen LogP contribution in [0.2, 0.25) is 0 Å². The number of nitrogens with one attached hydrogen (secondary N) is 2. The average molecular weight is 341 g/mol. The monoisotopic (exact) mass is 341 g/mol. The summed E-state index contributed by atoms with van der Waals surface area (Å²) in [6.45, 7) is 1.67. The zero-order valence-electron chi connectivity index (χ0n) is 13.9. The summed E-state index contributed by atoms with van der Waals surface area (Å²) in [7, 11) is 1.44. The predicted octanol–water partition coefficient (Wildman–Crippen LogP) is 1.59. The molecule has 0 bridgehead atoms. The summed E-state index contributed by atoms with van der Waals surface area (Å²) in [5, 5.41) is 16.2. The maximum absolute atomic E-state index is 11.9. The molecule has 0 spiro atoms. The Morgan fingerprint density at radius 3 is 2.72 bits per heavy atom. The lowest BCUT2D eigenvalue weighted by atomic mass is 10.1. The van der Waals surface area contributed by atoms with Crippen LogP contribution in [0.1, 0.15) is 21.5 Å². The van der Waals surface area contributed by atoms with Gasteiger partial charge in [-0.25, -0.2) is 5.43 Å². The first kappa shape index (κ1) is 18.0. The van der Waals surface area contributed by atoms with E-state index >= 15 is 0 Å². The van der Waals surface area contributed by atoms with Crippen molar-refractivity contribution in [1.82, 2.24) is 10.7 Å². The number of amides is 2. The molecule has 0 aliphatic heterocycles. The maximum Gasteiger partial charge on any atom is 0.259 e. The summed E-state index contributed by atoms with van der Waals surface area (Å²) in [6.07, 6.45) is 1.29. The number of aryl methyl sites for hydroxylation is 1. The highest BCUT2D eigenvalue weighted by atomic mass is 16.5. The topological polar surface area (TPSA) is 100 Å². The molecular weight excluding hydrogens is 322 g/mol. The highest BCUT2D eigenvalue weighted by Gasteiger charge is 2.08. The van der Waals surface area contributed by atoms with Crippen molar-refractivity contribution in [3.8, 4) is 11.5 Å². The number of methoxy groups -OCH3 is 1. The Labute approximate surface area is 145 Å². The standard InChI is InChI=1S/C18H19N3O4/c1-12-5-3-6-13(9-12)18(24)19-11-16(22)21-20-10-14-7-4-8-15(25-2)17(14)23/h3-10,23H,11H2,1-2H3,(H,19,24)(H,21,22)/b20-10-. The zero-order chi connectivity index (χ0) is 18.2. The van der Waals surface area contributed by atoms with Gasteiger partial charge in [-0.1, -0.05) is 23.8 Å². The van der Waals surface area contributed by atoms with Gasteiger partial charge < -0.3 is 15.2 Å². The maximum atomic E-state index is 11.9. The number of hydrazone groups is 1. The van der Waals surface area contributed by atoms with E-state index in [1.54, 1.807) is 36.4 Å². The van der Waals surface area contributed by atoms with Gasteiger partial charge in [0.2, 0.25) is 0 Å². The van der Waals surface area contributed by atoms with Crippen LogP contribution < -0.4 is 15.5 Å². The molecule has 3 N–H and O–H groups in total. The first-order valence-corrected chi connectivity index (χ1v) is 7.54. The molecule has 7 heteroatoms. The van der Waals surface area contributed by atoms with E-state index in [4.69, 9.17) is 4.74 Å². The quantitative estimate of drug-likeness (QED) is 0.549. The second kappa shape index (κ2) is 8.49. The number of benzene rings is 2. The number of hydrogen-bond donors (Lipinski definition) is 3. The van der Waals surface area contributed by atoms with E-state index in [9.17, 15) is 14.7 Å². The number of rotatable bonds is 6. The van der Waals surface area contributed by atoms with Crippen molar-refractivity contribution in [2.24, 2.45) is 5.10 Å². The number of aromatic hydroxyl groups is 1. The number of ether oxygens (including phenoxy) is 1. The van der Waals surface area contributed by atoms with E-state index in [1.165, 1.54) is 13.3 Å². The van der Waals surface area contributed by atoms with Crippen LogP contribution >= 0.6 is 0 Å². The predicted molar refractivity (Wildman–Crippen MR) is 93.9 cm³/mol. The number of hydrogen-bond acceptors (Lipinski definition) is 5. The van der Waals surface area contributed by atoms with Crippen LogP contribution in [0.15, 0.2) is 47.6 Å². The smallest absolute Gasteiger partial charge is 0.259 e. The fourth-order valence-electron chi connectivity index (χ4n) is 2.07. The van der Waals surface area contributed by atoms with Gasteiger partial charge in [0.05, 0.1) is 19.9 Å². The number of nitrogens with zero attached hydrogens (tertiary/aromatic N) is 1. The summed E-state index contributed by atoms with van der Waals surface area (Å²) in [6, 6.07) is 12.0. The molecule has 2 aromatic carbocycles. The fourth-order valence-corrected chi connectivity index (χ4v) is 2.07. The molecule has 0 aromatic heterocycles. The summed E-state index contributed by atoms with van der Waals surface area (Å²) >= 11 is 0. The van der Waals surface area contributed by atoms with Gasteiger partial charge in [-0.15, -0.1) is 0 Å². The summed E-state index contributed by atoms with van der Waals surface area (Å²) in [5.41, 5.74) is 4.11. The molecule has 0 heterocycles. The molecular formula is C18H19N3O4. The van der Waals surface area contributed by atoms with Crippen molar-refractivity contribution in [2.45, 2.75) is 6.92 Å². The molecule has 0 fully saturated rings. The fraction of sp³-hybridized carbons (Fsp3) is 0.167. The van der Waals surface area contributed by atoms with Crippen molar-refractivity contribution >= 4 is 18.0 Å². The molecule has 25 heavy (non-hydrogen) atoms. The van der Waals surface area contributed by atoms with Gasteiger partial charge in [0.15, 0.2) is 11.5 Å². The minimum atomic E-state index is -0.486. The van der Waals surface area contributed by atoms with Crippen LogP contribution in [0.5, 0.6) is 11.5 Å². The van der Waals surface area contributed by atoms with Crippen LogP contribution in [-0.4, -0.2) is 36.8 Å². The van der Waals surface area contributed by atoms with Crippen molar-refractivity contribution < 1.29 is 19.4 Å². The van der Waals surface area contributed by atoms with Crippen LogP contribution in [0.4, 0.5) is 0 Å². The number of phenolic OH excluding ortho intramolecular Hbond substituents is 1. The lowest BCUT2D eigenvalue weighted by molar-refractivity contribution is -0.120. The third kappa shape index (κ3) is 5.07. The summed E-state index contributed by atoms with van der Waals surface area (Å²) in [5.74, 6) is -0.593. The van der Waals surface area contributed by atoms with Crippen molar-refractivity contribution in [1.29, 1.82) is 0 Å². The van der Waals surface area contributed by atoms with Gasteiger partial charge in [0.1, 0.15) is 0 Å². The van der Waals surface area contributed by atoms with E-state index < -0.39 is 5.91 Å². The summed E-state index contributed by atoms with van der Waals surface area (Å²) in [4.78, 5) is 23.7. The lowest BCUT2D eigenvalue weighted by Crippen LogP contribution is -2.34. The number of para-hydroxylation sites is 1. The van der Waals surface area contributed by atoms with Gasteiger partial charge >= 0.3 is 0 Å². The number of carbonyl (C=O) groups excluding carboxylic acids is 2. The van der Waals surface area contributed by atoms with Gasteiger partial charge in [0.25, 0.3) is 11.8 Å². The Balaban J connectivity index is 1.86. The average Bonchev–Trinajstić information content (AvgIpc) is 2.61. The van der Waals surface area contributed by atoms with Gasteiger partial charge in [-0.05, 0) is 31.2 Å². The molecule has 0 saturated carbocycles. The molecule has 2 aromatic rings. The van der Waals surface area contributed by atoms with Crippen molar-refractivity contribution in [3.63, 3.8) is 0 Å². The van der Waals surface area contributed by atoms with E-state index in [2.05, 4.69) is 15.8 Å². The normalized spacial score (nSPS) is 10.5. The van der Waals surface area contributed by atoms with Crippen LogP contribution in [0, 0.1) is 6.92 Å². The minimum absolute atomic E-state index is 0.0734. The second-order valence-electron chi connectivity index (χ2n) is 5.24. The van der Waals surface area contributed by atoms with Crippen molar-refractivity contribution in [3.05, 3.63) is 59.2 Å². The third-order valence-corrected chi connectivity index (χ3v) is 3.33.